The minimum atomic E-state index is -0.298. The first-order chi connectivity index (χ1) is 9.60. The third-order valence-electron chi connectivity index (χ3n) is 3.09. The molecule has 106 valence electrons. The molecule has 2 aromatic rings. The number of benzene rings is 2. The first kappa shape index (κ1) is 14.8. The highest BCUT2D eigenvalue weighted by atomic mass is 35.5. The Balaban J connectivity index is 2.29. The molecular formula is C16H17ClFNO. The fourth-order valence-electron chi connectivity index (χ4n) is 1.90. The minimum Gasteiger partial charge on any atom is -0.457 e. The monoisotopic (exact) mass is 293 g/mol. The molecule has 1 atom stereocenters. The molecule has 0 aromatic heterocycles. The highest BCUT2D eigenvalue weighted by Crippen LogP contribution is 2.29. The molecule has 0 aliphatic heterocycles. The lowest BCUT2D eigenvalue weighted by molar-refractivity contribution is 0.461. The molecule has 2 rings (SSSR count). The normalized spacial score (nSPS) is 12.2. The molecule has 20 heavy (non-hydrogen) atoms. The van der Waals surface area contributed by atoms with Gasteiger partial charge in [-0.25, -0.2) is 4.39 Å². The molecule has 0 amide bonds. The zero-order chi connectivity index (χ0) is 14.5. The summed E-state index contributed by atoms with van der Waals surface area (Å²) in [7, 11) is 0. The maximum atomic E-state index is 14.0. The molecule has 4 heteroatoms. The van der Waals surface area contributed by atoms with Crippen molar-refractivity contribution in [3.63, 3.8) is 0 Å². The Kier molecular flexibility index (Phi) is 4.99. The first-order valence-corrected chi connectivity index (χ1v) is 6.94. The van der Waals surface area contributed by atoms with Gasteiger partial charge in [0.15, 0.2) is 0 Å². The fraction of sp³-hybridized carbons (Fsp3) is 0.250. The van der Waals surface area contributed by atoms with Crippen LogP contribution in [0.4, 0.5) is 4.39 Å². The second kappa shape index (κ2) is 6.73. The summed E-state index contributed by atoms with van der Waals surface area (Å²) in [4.78, 5) is 0. The average molecular weight is 294 g/mol. The maximum absolute atomic E-state index is 14.0. The molecule has 0 aliphatic rings. The van der Waals surface area contributed by atoms with E-state index in [0.29, 0.717) is 28.5 Å². The van der Waals surface area contributed by atoms with E-state index in [1.54, 1.807) is 36.4 Å². The fourth-order valence-corrected chi connectivity index (χ4v) is 2.08. The molecule has 0 saturated heterocycles. The molecule has 0 fully saturated rings. The molecule has 2 aromatic carbocycles. The Morgan fingerprint density at radius 1 is 1.25 bits per heavy atom. The molecular weight excluding hydrogens is 277 g/mol. The van der Waals surface area contributed by atoms with E-state index >= 15 is 0 Å². The topological polar surface area (TPSA) is 35.2 Å². The van der Waals surface area contributed by atoms with Crippen LogP contribution in [0.3, 0.4) is 0 Å². The summed E-state index contributed by atoms with van der Waals surface area (Å²) in [5.74, 6) is 0.763. The summed E-state index contributed by atoms with van der Waals surface area (Å²) in [6.45, 7) is 1.98. The van der Waals surface area contributed by atoms with Crippen molar-refractivity contribution >= 4 is 11.6 Å². The Bertz CT molecular complexity index is 588. The molecule has 0 radical (unpaired) electrons. The molecule has 0 spiro atoms. The molecule has 0 saturated carbocycles. The number of ether oxygens (including phenoxy) is 1. The number of hydrogen-bond donors (Lipinski definition) is 1. The standard InChI is InChI=1S/C16H17ClFNO/c1-2-12(19)10-14-15(18)7-4-8-16(14)20-13-6-3-5-11(17)9-13/h3-9,12H,2,10,19H2,1H3. The van der Waals surface area contributed by atoms with E-state index in [1.165, 1.54) is 6.07 Å². The number of rotatable bonds is 5. The van der Waals surface area contributed by atoms with Gasteiger partial charge in [0, 0.05) is 16.6 Å². The van der Waals surface area contributed by atoms with Gasteiger partial charge >= 0.3 is 0 Å². The Morgan fingerprint density at radius 3 is 2.70 bits per heavy atom. The first-order valence-electron chi connectivity index (χ1n) is 6.56. The molecule has 1 unspecified atom stereocenters. The van der Waals surface area contributed by atoms with Gasteiger partial charge in [0.2, 0.25) is 0 Å². The van der Waals surface area contributed by atoms with Crippen molar-refractivity contribution in [2.45, 2.75) is 25.8 Å². The van der Waals surface area contributed by atoms with Crippen molar-refractivity contribution in [1.29, 1.82) is 0 Å². The summed E-state index contributed by atoms with van der Waals surface area (Å²) < 4.78 is 19.7. The molecule has 2 N–H and O–H groups in total. The lowest BCUT2D eigenvalue weighted by atomic mass is 10.0. The summed E-state index contributed by atoms with van der Waals surface area (Å²) in [6, 6.07) is 11.7. The third-order valence-corrected chi connectivity index (χ3v) is 3.33. The van der Waals surface area contributed by atoms with Crippen LogP contribution >= 0.6 is 11.6 Å². The van der Waals surface area contributed by atoms with Crippen molar-refractivity contribution in [3.8, 4) is 11.5 Å². The van der Waals surface area contributed by atoms with Crippen molar-refractivity contribution in [3.05, 3.63) is 58.9 Å². The van der Waals surface area contributed by atoms with E-state index in [9.17, 15) is 4.39 Å². The predicted octanol–water partition coefficient (Wildman–Crippen LogP) is 4.55. The van der Waals surface area contributed by atoms with Crippen molar-refractivity contribution in [2.24, 2.45) is 5.73 Å². The number of nitrogens with two attached hydrogens (primary N) is 1. The van der Waals surface area contributed by atoms with Crippen LogP contribution in [-0.4, -0.2) is 6.04 Å². The van der Waals surface area contributed by atoms with E-state index in [2.05, 4.69) is 0 Å². The van der Waals surface area contributed by atoms with Gasteiger partial charge in [0.1, 0.15) is 17.3 Å². The second-order valence-corrected chi connectivity index (χ2v) is 5.08. The van der Waals surface area contributed by atoms with E-state index in [1.807, 2.05) is 6.92 Å². The SMILES string of the molecule is CCC(N)Cc1c(F)cccc1Oc1cccc(Cl)c1. The molecule has 0 heterocycles. The van der Waals surface area contributed by atoms with E-state index in [-0.39, 0.29) is 11.9 Å². The average Bonchev–Trinajstić information content (AvgIpc) is 2.42. The zero-order valence-corrected chi connectivity index (χ0v) is 12.0. The van der Waals surface area contributed by atoms with Crippen molar-refractivity contribution < 1.29 is 9.13 Å². The van der Waals surface area contributed by atoms with Gasteiger partial charge in [-0.1, -0.05) is 30.7 Å². The van der Waals surface area contributed by atoms with E-state index < -0.39 is 0 Å². The summed E-state index contributed by atoms with van der Waals surface area (Å²) in [5.41, 5.74) is 6.42. The highest BCUT2D eigenvalue weighted by molar-refractivity contribution is 6.30. The quantitative estimate of drug-likeness (QED) is 0.877. The van der Waals surface area contributed by atoms with E-state index in [0.717, 1.165) is 6.42 Å². The van der Waals surface area contributed by atoms with Crippen LogP contribution in [0.25, 0.3) is 0 Å². The zero-order valence-electron chi connectivity index (χ0n) is 11.3. The predicted molar refractivity (Wildman–Crippen MR) is 79.9 cm³/mol. The minimum absolute atomic E-state index is 0.0892. The Labute approximate surface area is 123 Å². The molecule has 0 bridgehead atoms. The van der Waals surface area contributed by atoms with Crippen LogP contribution in [0.5, 0.6) is 11.5 Å². The number of halogens is 2. The van der Waals surface area contributed by atoms with Crippen molar-refractivity contribution in [1.82, 2.24) is 0 Å². The largest absolute Gasteiger partial charge is 0.457 e. The third kappa shape index (κ3) is 3.71. The van der Waals surface area contributed by atoms with Gasteiger partial charge < -0.3 is 10.5 Å². The number of hydrogen-bond acceptors (Lipinski definition) is 2. The lowest BCUT2D eigenvalue weighted by Gasteiger charge is -2.15. The van der Waals surface area contributed by atoms with Crippen LogP contribution in [-0.2, 0) is 6.42 Å². The van der Waals surface area contributed by atoms with Gasteiger partial charge in [0.05, 0.1) is 0 Å². The Morgan fingerprint density at radius 2 is 2.00 bits per heavy atom. The Hall–Kier alpha value is -1.58. The van der Waals surface area contributed by atoms with E-state index in [4.69, 9.17) is 22.1 Å². The van der Waals surface area contributed by atoms with Gasteiger partial charge in [-0.2, -0.15) is 0 Å². The van der Waals surface area contributed by atoms with Crippen LogP contribution in [0.15, 0.2) is 42.5 Å². The van der Waals surface area contributed by atoms with Crippen molar-refractivity contribution in [2.75, 3.05) is 0 Å². The maximum Gasteiger partial charge on any atom is 0.133 e. The van der Waals surface area contributed by atoms with Gasteiger partial charge in [0.25, 0.3) is 0 Å². The lowest BCUT2D eigenvalue weighted by Crippen LogP contribution is -2.22. The van der Waals surface area contributed by atoms with Crippen LogP contribution < -0.4 is 10.5 Å². The highest BCUT2D eigenvalue weighted by Gasteiger charge is 2.13. The van der Waals surface area contributed by atoms with Crippen LogP contribution in [0, 0.1) is 5.82 Å². The van der Waals surface area contributed by atoms with Gasteiger partial charge in [-0.05, 0) is 43.2 Å². The van der Waals surface area contributed by atoms with Gasteiger partial charge in [-0.15, -0.1) is 0 Å². The summed E-state index contributed by atoms with van der Waals surface area (Å²) >= 11 is 5.91. The smallest absolute Gasteiger partial charge is 0.133 e. The second-order valence-electron chi connectivity index (χ2n) is 4.65. The van der Waals surface area contributed by atoms with Crippen LogP contribution in [0.2, 0.25) is 5.02 Å². The van der Waals surface area contributed by atoms with Crippen LogP contribution in [0.1, 0.15) is 18.9 Å². The summed E-state index contributed by atoms with van der Waals surface area (Å²) in [6.07, 6.45) is 1.23. The molecule has 2 nitrogen and oxygen atoms in total. The van der Waals surface area contributed by atoms with Gasteiger partial charge in [-0.3, -0.25) is 0 Å². The molecule has 0 aliphatic carbocycles. The summed E-state index contributed by atoms with van der Waals surface area (Å²) in [5, 5.41) is 0.575.